The maximum Gasteiger partial charge on any atom is 0.389 e. The lowest BCUT2D eigenvalue weighted by atomic mass is 9.78. The molecular weight excluding hydrogens is 275 g/mol. The van der Waals surface area contributed by atoms with Gasteiger partial charge in [-0.1, -0.05) is 31.2 Å². The summed E-state index contributed by atoms with van der Waals surface area (Å²) in [5, 5.41) is 3.34. The highest BCUT2D eigenvalue weighted by atomic mass is 19.4. The molecule has 2 unspecified atom stereocenters. The zero-order valence-electron chi connectivity index (χ0n) is 12.5. The molecule has 1 N–H and O–H groups in total. The molecule has 0 bridgehead atoms. The van der Waals surface area contributed by atoms with Gasteiger partial charge in [0.15, 0.2) is 0 Å². The van der Waals surface area contributed by atoms with Crippen LogP contribution in [0, 0.1) is 5.92 Å². The van der Waals surface area contributed by atoms with E-state index in [4.69, 9.17) is 0 Å². The normalized spacial score (nSPS) is 20.1. The zero-order chi connectivity index (χ0) is 15.3. The van der Waals surface area contributed by atoms with E-state index >= 15 is 0 Å². The van der Waals surface area contributed by atoms with Gasteiger partial charge in [-0.15, -0.1) is 0 Å². The van der Waals surface area contributed by atoms with Gasteiger partial charge in [0.25, 0.3) is 0 Å². The fourth-order valence-electron chi connectivity index (χ4n) is 3.22. The smallest absolute Gasteiger partial charge is 0.314 e. The van der Waals surface area contributed by atoms with Crippen LogP contribution in [-0.4, -0.2) is 18.8 Å². The number of halogens is 3. The van der Waals surface area contributed by atoms with Crippen LogP contribution in [-0.2, 0) is 12.8 Å². The minimum atomic E-state index is -4.06. The predicted molar refractivity (Wildman–Crippen MR) is 79.3 cm³/mol. The molecule has 2 atom stereocenters. The van der Waals surface area contributed by atoms with Crippen molar-refractivity contribution in [1.29, 1.82) is 0 Å². The topological polar surface area (TPSA) is 12.0 Å². The number of fused-ring (bicyclic) bond motifs is 1. The predicted octanol–water partition coefficient (Wildman–Crippen LogP) is 4.50. The second kappa shape index (κ2) is 7.30. The van der Waals surface area contributed by atoms with E-state index in [1.807, 2.05) is 19.1 Å². The van der Waals surface area contributed by atoms with E-state index in [0.29, 0.717) is 5.92 Å². The molecule has 0 spiro atoms. The minimum Gasteiger partial charge on any atom is -0.314 e. The van der Waals surface area contributed by atoms with Crippen molar-refractivity contribution in [1.82, 2.24) is 5.32 Å². The molecule has 0 aromatic heterocycles. The van der Waals surface area contributed by atoms with Gasteiger partial charge in [-0.2, -0.15) is 13.2 Å². The summed E-state index contributed by atoms with van der Waals surface area (Å²) in [6.45, 7) is 2.84. The van der Waals surface area contributed by atoms with Crippen LogP contribution in [0.15, 0.2) is 24.3 Å². The summed E-state index contributed by atoms with van der Waals surface area (Å²) in [6.07, 6.45) is -0.740. The van der Waals surface area contributed by atoms with Gasteiger partial charge in [-0.25, -0.2) is 0 Å². The number of aryl methyl sites for hydroxylation is 1. The van der Waals surface area contributed by atoms with E-state index in [1.54, 1.807) is 0 Å². The molecule has 1 nitrogen and oxygen atoms in total. The molecule has 0 saturated heterocycles. The quantitative estimate of drug-likeness (QED) is 0.815. The molecule has 0 heterocycles. The van der Waals surface area contributed by atoms with Crippen LogP contribution in [0.3, 0.4) is 0 Å². The Kier molecular flexibility index (Phi) is 5.68. The fraction of sp³-hybridized carbons (Fsp3) is 0.647. The van der Waals surface area contributed by atoms with E-state index in [9.17, 15) is 13.2 Å². The second-order valence-electron chi connectivity index (χ2n) is 5.99. The standard InChI is InChI=1S/C17H24F3N/c1-2-11-21-16(9-10-17(18,19)20)15-8-7-13-5-3-4-6-14(13)12-15/h3-6,15-16,21H,2,7-12H2,1H3. The van der Waals surface area contributed by atoms with Crippen molar-refractivity contribution in [2.24, 2.45) is 5.92 Å². The Morgan fingerprint density at radius 3 is 2.62 bits per heavy atom. The van der Waals surface area contributed by atoms with Crippen molar-refractivity contribution in [3.63, 3.8) is 0 Å². The largest absolute Gasteiger partial charge is 0.389 e. The molecule has 0 saturated carbocycles. The maximum absolute atomic E-state index is 12.5. The second-order valence-corrected chi connectivity index (χ2v) is 5.99. The first-order valence-corrected chi connectivity index (χ1v) is 7.86. The lowest BCUT2D eigenvalue weighted by Gasteiger charge is -2.32. The molecule has 0 aliphatic heterocycles. The third kappa shape index (κ3) is 5.03. The highest BCUT2D eigenvalue weighted by Gasteiger charge is 2.32. The first kappa shape index (κ1) is 16.3. The highest BCUT2D eigenvalue weighted by molar-refractivity contribution is 5.30. The van der Waals surface area contributed by atoms with Crippen molar-refractivity contribution in [2.45, 2.75) is 57.7 Å². The minimum absolute atomic E-state index is 0.0278. The summed E-state index contributed by atoms with van der Waals surface area (Å²) >= 11 is 0. The van der Waals surface area contributed by atoms with E-state index in [0.717, 1.165) is 32.2 Å². The van der Waals surface area contributed by atoms with Gasteiger partial charge < -0.3 is 5.32 Å². The fourth-order valence-corrected chi connectivity index (χ4v) is 3.22. The Morgan fingerprint density at radius 1 is 1.24 bits per heavy atom. The van der Waals surface area contributed by atoms with Crippen LogP contribution in [0.5, 0.6) is 0 Å². The van der Waals surface area contributed by atoms with Crippen molar-refractivity contribution in [2.75, 3.05) is 6.54 Å². The Bertz CT molecular complexity index is 442. The molecule has 1 aromatic carbocycles. The summed E-state index contributed by atoms with van der Waals surface area (Å²) in [4.78, 5) is 0. The lowest BCUT2D eigenvalue weighted by molar-refractivity contribution is -0.137. The van der Waals surface area contributed by atoms with Gasteiger partial charge in [0.05, 0.1) is 0 Å². The molecular formula is C17H24F3N. The van der Waals surface area contributed by atoms with E-state index < -0.39 is 12.6 Å². The molecule has 118 valence electrons. The van der Waals surface area contributed by atoms with E-state index in [-0.39, 0.29) is 12.5 Å². The first-order valence-electron chi connectivity index (χ1n) is 7.86. The van der Waals surface area contributed by atoms with Crippen LogP contribution in [0.4, 0.5) is 13.2 Å². The first-order chi connectivity index (χ1) is 9.99. The summed E-state index contributed by atoms with van der Waals surface area (Å²) in [5.41, 5.74) is 2.67. The van der Waals surface area contributed by atoms with Crippen molar-refractivity contribution < 1.29 is 13.2 Å². The number of hydrogen-bond acceptors (Lipinski definition) is 1. The molecule has 1 aromatic rings. The summed E-state index contributed by atoms with van der Waals surface area (Å²) < 4.78 is 37.5. The Balaban J connectivity index is 2.00. The molecule has 21 heavy (non-hydrogen) atoms. The monoisotopic (exact) mass is 299 g/mol. The zero-order valence-corrected chi connectivity index (χ0v) is 12.5. The molecule has 0 radical (unpaired) electrons. The van der Waals surface area contributed by atoms with Gasteiger partial charge in [0.2, 0.25) is 0 Å². The average Bonchev–Trinajstić information content (AvgIpc) is 2.46. The van der Waals surface area contributed by atoms with Crippen LogP contribution in [0.1, 0.15) is 43.7 Å². The van der Waals surface area contributed by atoms with Crippen molar-refractivity contribution >= 4 is 0 Å². The Morgan fingerprint density at radius 2 is 1.95 bits per heavy atom. The number of hydrogen-bond donors (Lipinski definition) is 1. The van der Waals surface area contributed by atoms with E-state index in [1.165, 1.54) is 11.1 Å². The van der Waals surface area contributed by atoms with Crippen molar-refractivity contribution in [3.05, 3.63) is 35.4 Å². The summed E-state index contributed by atoms with van der Waals surface area (Å²) in [6, 6.07) is 8.28. The maximum atomic E-state index is 12.5. The molecule has 2 rings (SSSR count). The lowest BCUT2D eigenvalue weighted by Crippen LogP contribution is -2.40. The number of rotatable bonds is 6. The van der Waals surface area contributed by atoms with Gasteiger partial charge >= 0.3 is 6.18 Å². The van der Waals surface area contributed by atoms with Crippen LogP contribution in [0.2, 0.25) is 0 Å². The highest BCUT2D eigenvalue weighted by Crippen LogP contribution is 2.31. The van der Waals surface area contributed by atoms with Crippen LogP contribution in [0.25, 0.3) is 0 Å². The Hall–Kier alpha value is -1.03. The van der Waals surface area contributed by atoms with Crippen molar-refractivity contribution in [3.8, 4) is 0 Å². The Labute approximate surface area is 124 Å². The summed E-state index contributed by atoms with van der Waals surface area (Å²) in [5.74, 6) is 0.314. The number of alkyl halides is 3. The molecule has 1 aliphatic rings. The van der Waals surface area contributed by atoms with Crippen LogP contribution >= 0.6 is 0 Å². The molecule has 0 amide bonds. The van der Waals surface area contributed by atoms with Gasteiger partial charge in [0, 0.05) is 12.5 Å². The molecule has 4 heteroatoms. The van der Waals surface area contributed by atoms with E-state index in [2.05, 4.69) is 17.4 Å². The molecule has 0 fully saturated rings. The summed E-state index contributed by atoms with van der Waals surface area (Å²) in [7, 11) is 0. The number of nitrogens with one attached hydrogen (secondary N) is 1. The SMILES string of the molecule is CCCNC(CCC(F)(F)F)C1CCc2ccccc2C1. The van der Waals surface area contributed by atoms with Gasteiger partial charge in [-0.05, 0) is 55.7 Å². The van der Waals surface area contributed by atoms with Crippen LogP contribution < -0.4 is 5.32 Å². The molecule has 1 aliphatic carbocycles. The number of benzene rings is 1. The van der Waals surface area contributed by atoms with Gasteiger partial charge in [-0.3, -0.25) is 0 Å². The third-order valence-corrected chi connectivity index (χ3v) is 4.35. The van der Waals surface area contributed by atoms with Gasteiger partial charge in [0.1, 0.15) is 0 Å². The third-order valence-electron chi connectivity index (χ3n) is 4.35. The average molecular weight is 299 g/mol.